The Bertz CT molecular complexity index is 281. The minimum atomic E-state index is -0.607. The molecular formula is C14H24O2. The number of allylic oxidation sites excluding steroid dienone is 2. The highest BCUT2D eigenvalue weighted by Crippen LogP contribution is 2.65. The fraction of sp³-hybridized carbons (Fsp3) is 0.786. The van der Waals surface area contributed by atoms with E-state index in [-0.39, 0.29) is 17.3 Å². The smallest absolute Gasteiger partial charge is 0.307 e. The summed E-state index contributed by atoms with van der Waals surface area (Å²) in [5.41, 5.74) is 1.30. The van der Waals surface area contributed by atoms with Crippen LogP contribution in [0.25, 0.3) is 0 Å². The standard InChI is InChI=1S/C14H24O2/c1-5-7-14(8-6-2)11(9-10(3)4)12(14)13(15)16/h9,11-12H,5-8H2,1-4H3,(H,15,16). The summed E-state index contributed by atoms with van der Waals surface area (Å²) in [7, 11) is 0. The molecule has 0 aliphatic heterocycles. The molecule has 2 unspecified atom stereocenters. The highest BCUT2D eigenvalue weighted by molar-refractivity contribution is 5.76. The van der Waals surface area contributed by atoms with E-state index in [2.05, 4.69) is 33.8 Å². The summed E-state index contributed by atoms with van der Waals surface area (Å²) in [6, 6.07) is 0. The van der Waals surface area contributed by atoms with Gasteiger partial charge in [0, 0.05) is 0 Å². The van der Waals surface area contributed by atoms with Gasteiger partial charge in [-0.2, -0.15) is 0 Å². The van der Waals surface area contributed by atoms with E-state index < -0.39 is 5.97 Å². The fourth-order valence-corrected chi connectivity index (χ4v) is 3.24. The van der Waals surface area contributed by atoms with Crippen LogP contribution in [0.5, 0.6) is 0 Å². The van der Waals surface area contributed by atoms with Crippen molar-refractivity contribution in [3.63, 3.8) is 0 Å². The van der Waals surface area contributed by atoms with E-state index in [0.717, 1.165) is 25.7 Å². The summed E-state index contributed by atoms with van der Waals surface area (Å²) in [4.78, 5) is 11.3. The number of carboxylic acid groups (broad SMARTS) is 1. The first-order valence-electron chi connectivity index (χ1n) is 6.37. The maximum absolute atomic E-state index is 11.3. The molecule has 1 rings (SSSR count). The molecule has 0 aromatic carbocycles. The maximum atomic E-state index is 11.3. The number of hydrogen-bond donors (Lipinski definition) is 1. The minimum Gasteiger partial charge on any atom is -0.481 e. The summed E-state index contributed by atoms with van der Waals surface area (Å²) < 4.78 is 0. The van der Waals surface area contributed by atoms with Gasteiger partial charge in [0.15, 0.2) is 0 Å². The molecule has 0 spiro atoms. The summed E-state index contributed by atoms with van der Waals surface area (Å²) >= 11 is 0. The molecule has 0 aromatic heterocycles. The van der Waals surface area contributed by atoms with Crippen LogP contribution in [0.2, 0.25) is 0 Å². The lowest BCUT2D eigenvalue weighted by atomic mass is 9.90. The Labute approximate surface area is 98.7 Å². The monoisotopic (exact) mass is 224 g/mol. The Kier molecular flexibility index (Phi) is 4.17. The number of rotatable bonds is 6. The van der Waals surface area contributed by atoms with E-state index in [1.54, 1.807) is 0 Å². The zero-order chi connectivity index (χ0) is 12.3. The summed E-state index contributed by atoms with van der Waals surface area (Å²) in [5.74, 6) is -0.471. The Morgan fingerprint density at radius 3 is 2.06 bits per heavy atom. The Hall–Kier alpha value is -0.790. The number of carboxylic acids is 1. The molecule has 1 fully saturated rings. The van der Waals surface area contributed by atoms with Crippen molar-refractivity contribution in [2.45, 2.75) is 53.4 Å². The van der Waals surface area contributed by atoms with Crippen LogP contribution in [0.15, 0.2) is 11.6 Å². The highest BCUT2D eigenvalue weighted by Gasteiger charge is 2.65. The molecule has 1 aliphatic carbocycles. The van der Waals surface area contributed by atoms with Crippen LogP contribution in [-0.2, 0) is 4.79 Å². The summed E-state index contributed by atoms with van der Waals surface area (Å²) in [5, 5.41) is 9.30. The molecule has 0 heterocycles. The molecule has 1 N–H and O–H groups in total. The lowest BCUT2D eigenvalue weighted by Crippen LogP contribution is -2.10. The second kappa shape index (κ2) is 5.03. The molecule has 0 aromatic rings. The fourth-order valence-electron chi connectivity index (χ4n) is 3.24. The second-order valence-corrected chi connectivity index (χ2v) is 5.32. The molecule has 2 nitrogen and oxygen atoms in total. The molecular weight excluding hydrogens is 200 g/mol. The summed E-state index contributed by atoms with van der Waals surface area (Å²) in [6.45, 7) is 8.40. The molecule has 2 atom stereocenters. The summed E-state index contributed by atoms with van der Waals surface area (Å²) in [6.07, 6.45) is 6.43. The molecule has 2 heteroatoms. The quantitative estimate of drug-likeness (QED) is 0.695. The highest BCUT2D eigenvalue weighted by atomic mass is 16.4. The van der Waals surface area contributed by atoms with Crippen molar-refractivity contribution < 1.29 is 9.90 Å². The van der Waals surface area contributed by atoms with Crippen LogP contribution >= 0.6 is 0 Å². The van der Waals surface area contributed by atoms with Crippen LogP contribution in [0.4, 0.5) is 0 Å². The van der Waals surface area contributed by atoms with Crippen molar-refractivity contribution in [2.75, 3.05) is 0 Å². The third-order valence-electron chi connectivity index (χ3n) is 3.74. The van der Waals surface area contributed by atoms with E-state index in [1.807, 2.05) is 0 Å². The molecule has 0 bridgehead atoms. The van der Waals surface area contributed by atoms with Gasteiger partial charge in [-0.15, -0.1) is 0 Å². The van der Waals surface area contributed by atoms with E-state index in [0.29, 0.717) is 0 Å². The average molecular weight is 224 g/mol. The maximum Gasteiger partial charge on any atom is 0.307 e. The van der Waals surface area contributed by atoms with Gasteiger partial charge in [0.1, 0.15) is 0 Å². The zero-order valence-electron chi connectivity index (χ0n) is 10.9. The van der Waals surface area contributed by atoms with Gasteiger partial charge in [0.25, 0.3) is 0 Å². The van der Waals surface area contributed by atoms with Gasteiger partial charge in [-0.05, 0) is 38.0 Å². The van der Waals surface area contributed by atoms with Gasteiger partial charge < -0.3 is 5.11 Å². The minimum absolute atomic E-state index is 0.0621. The predicted octanol–water partition coefficient (Wildman–Crippen LogP) is 3.87. The van der Waals surface area contributed by atoms with Crippen molar-refractivity contribution in [1.82, 2.24) is 0 Å². The van der Waals surface area contributed by atoms with E-state index in [4.69, 9.17) is 0 Å². The first-order chi connectivity index (χ1) is 7.49. The van der Waals surface area contributed by atoms with Gasteiger partial charge in [0.05, 0.1) is 5.92 Å². The lowest BCUT2D eigenvalue weighted by molar-refractivity contribution is -0.139. The van der Waals surface area contributed by atoms with Crippen LogP contribution in [-0.4, -0.2) is 11.1 Å². The van der Waals surface area contributed by atoms with E-state index >= 15 is 0 Å². The first-order valence-corrected chi connectivity index (χ1v) is 6.37. The number of carbonyl (C=O) groups is 1. The van der Waals surface area contributed by atoms with Gasteiger partial charge in [-0.25, -0.2) is 0 Å². The van der Waals surface area contributed by atoms with E-state index in [9.17, 15) is 9.90 Å². The van der Waals surface area contributed by atoms with Crippen LogP contribution in [0.3, 0.4) is 0 Å². The largest absolute Gasteiger partial charge is 0.481 e. The van der Waals surface area contributed by atoms with Crippen molar-refractivity contribution in [3.05, 3.63) is 11.6 Å². The van der Waals surface area contributed by atoms with Crippen LogP contribution in [0.1, 0.15) is 53.4 Å². The van der Waals surface area contributed by atoms with E-state index in [1.165, 1.54) is 5.57 Å². The second-order valence-electron chi connectivity index (χ2n) is 5.32. The average Bonchev–Trinajstić information content (AvgIpc) is 2.73. The van der Waals surface area contributed by atoms with Crippen LogP contribution in [0, 0.1) is 17.3 Å². The Morgan fingerprint density at radius 2 is 1.75 bits per heavy atom. The first kappa shape index (κ1) is 13.3. The molecule has 1 aliphatic rings. The van der Waals surface area contributed by atoms with Crippen molar-refractivity contribution in [3.8, 4) is 0 Å². The number of aliphatic carboxylic acids is 1. The predicted molar refractivity (Wildman–Crippen MR) is 66.3 cm³/mol. The Balaban J connectivity index is 2.89. The number of hydrogen-bond acceptors (Lipinski definition) is 1. The van der Waals surface area contributed by atoms with Gasteiger partial charge >= 0.3 is 5.97 Å². The molecule has 16 heavy (non-hydrogen) atoms. The topological polar surface area (TPSA) is 37.3 Å². The van der Waals surface area contributed by atoms with Gasteiger partial charge in [0.2, 0.25) is 0 Å². The molecule has 92 valence electrons. The normalized spacial score (nSPS) is 26.2. The lowest BCUT2D eigenvalue weighted by Gasteiger charge is -2.14. The van der Waals surface area contributed by atoms with Crippen molar-refractivity contribution in [1.29, 1.82) is 0 Å². The third kappa shape index (κ3) is 2.31. The van der Waals surface area contributed by atoms with Gasteiger partial charge in [-0.3, -0.25) is 4.79 Å². The third-order valence-corrected chi connectivity index (χ3v) is 3.74. The zero-order valence-corrected chi connectivity index (χ0v) is 10.9. The van der Waals surface area contributed by atoms with Gasteiger partial charge in [-0.1, -0.05) is 38.3 Å². The van der Waals surface area contributed by atoms with Crippen molar-refractivity contribution in [2.24, 2.45) is 17.3 Å². The van der Waals surface area contributed by atoms with Crippen molar-refractivity contribution >= 4 is 5.97 Å². The SMILES string of the molecule is CCCC1(CCC)C(C=C(C)C)C1C(=O)O. The molecule has 0 radical (unpaired) electrons. The van der Waals surface area contributed by atoms with Crippen LogP contribution < -0.4 is 0 Å². The molecule has 1 saturated carbocycles. The molecule has 0 saturated heterocycles. The molecule has 0 amide bonds. The Morgan fingerprint density at radius 1 is 1.25 bits per heavy atom.